The summed E-state index contributed by atoms with van der Waals surface area (Å²) in [4.78, 5) is 10.7. The van der Waals surface area contributed by atoms with Gasteiger partial charge < -0.3 is 5.73 Å². The Morgan fingerprint density at radius 2 is 2.36 bits per heavy atom. The molecule has 0 saturated heterocycles. The molecule has 1 aromatic carbocycles. The van der Waals surface area contributed by atoms with Gasteiger partial charge in [-0.3, -0.25) is 4.79 Å². The Labute approximate surface area is 88.0 Å². The zero-order chi connectivity index (χ0) is 10.1. The fourth-order valence-corrected chi connectivity index (χ4v) is 1.55. The molecular formula is C8H7BrN4O. The summed E-state index contributed by atoms with van der Waals surface area (Å²) in [5.74, 6) is -0.434. The largest absolute Gasteiger partial charge is 0.368 e. The second kappa shape index (κ2) is 3.38. The molecule has 0 unspecified atom stereocenters. The molecular weight excluding hydrogens is 248 g/mol. The molecule has 0 saturated carbocycles. The number of carbonyl (C=O) groups is 1. The first-order valence-corrected chi connectivity index (χ1v) is 4.73. The summed E-state index contributed by atoms with van der Waals surface area (Å²) in [6, 6.07) is 5.54. The van der Waals surface area contributed by atoms with Crippen molar-refractivity contribution < 1.29 is 4.79 Å². The number of nitrogens with zero attached hydrogens (tertiary/aromatic N) is 3. The van der Waals surface area contributed by atoms with Gasteiger partial charge in [0.05, 0.1) is 5.52 Å². The average Bonchev–Trinajstić information content (AvgIpc) is 2.47. The van der Waals surface area contributed by atoms with E-state index in [2.05, 4.69) is 26.2 Å². The van der Waals surface area contributed by atoms with E-state index >= 15 is 0 Å². The summed E-state index contributed by atoms with van der Waals surface area (Å²) in [5.41, 5.74) is 6.61. The van der Waals surface area contributed by atoms with Crippen LogP contribution in [0.1, 0.15) is 0 Å². The average molecular weight is 255 g/mol. The third kappa shape index (κ3) is 1.60. The van der Waals surface area contributed by atoms with Gasteiger partial charge in [0.2, 0.25) is 5.91 Å². The van der Waals surface area contributed by atoms with Crippen molar-refractivity contribution in [3.05, 3.63) is 22.7 Å². The molecule has 0 fully saturated rings. The molecule has 0 atom stereocenters. The van der Waals surface area contributed by atoms with Crippen molar-refractivity contribution in [1.82, 2.24) is 15.0 Å². The highest BCUT2D eigenvalue weighted by Gasteiger charge is 2.06. The molecule has 0 aliphatic carbocycles. The minimum atomic E-state index is -0.434. The van der Waals surface area contributed by atoms with Crippen LogP contribution >= 0.6 is 15.9 Å². The minimum Gasteiger partial charge on any atom is -0.368 e. The van der Waals surface area contributed by atoms with Gasteiger partial charge in [-0.25, -0.2) is 4.68 Å². The van der Waals surface area contributed by atoms with Gasteiger partial charge in [0.1, 0.15) is 12.1 Å². The Bertz CT molecular complexity index is 493. The van der Waals surface area contributed by atoms with Crippen LogP contribution in [0.2, 0.25) is 0 Å². The molecule has 1 amide bonds. The van der Waals surface area contributed by atoms with Crippen LogP contribution in [0.3, 0.4) is 0 Å². The summed E-state index contributed by atoms with van der Waals surface area (Å²) in [7, 11) is 0. The van der Waals surface area contributed by atoms with Crippen LogP contribution in [-0.2, 0) is 11.3 Å². The van der Waals surface area contributed by atoms with Crippen molar-refractivity contribution >= 4 is 32.9 Å². The molecule has 0 bridgehead atoms. The topological polar surface area (TPSA) is 73.8 Å². The first kappa shape index (κ1) is 9.14. The Kier molecular flexibility index (Phi) is 2.20. The van der Waals surface area contributed by atoms with E-state index in [0.29, 0.717) is 0 Å². The lowest BCUT2D eigenvalue weighted by Crippen LogP contribution is -2.19. The van der Waals surface area contributed by atoms with Crippen molar-refractivity contribution in [2.75, 3.05) is 0 Å². The van der Waals surface area contributed by atoms with Gasteiger partial charge in [-0.05, 0) is 18.2 Å². The fraction of sp³-hybridized carbons (Fsp3) is 0.125. The fourth-order valence-electron chi connectivity index (χ4n) is 1.20. The lowest BCUT2D eigenvalue weighted by Gasteiger charge is -1.97. The van der Waals surface area contributed by atoms with Crippen LogP contribution in [0.15, 0.2) is 22.7 Å². The first-order chi connectivity index (χ1) is 6.66. The zero-order valence-electron chi connectivity index (χ0n) is 7.14. The van der Waals surface area contributed by atoms with Crippen LogP contribution < -0.4 is 5.73 Å². The van der Waals surface area contributed by atoms with Gasteiger partial charge in [0.15, 0.2) is 0 Å². The first-order valence-electron chi connectivity index (χ1n) is 3.94. The van der Waals surface area contributed by atoms with Crippen LogP contribution in [0.25, 0.3) is 11.0 Å². The smallest absolute Gasteiger partial charge is 0.239 e. The monoisotopic (exact) mass is 254 g/mol. The number of rotatable bonds is 2. The number of hydrogen-bond acceptors (Lipinski definition) is 3. The molecule has 6 heteroatoms. The van der Waals surface area contributed by atoms with Gasteiger partial charge >= 0.3 is 0 Å². The van der Waals surface area contributed by atoms with Crippen LogP contribution in [-0.4, -0.2) is 20.9 Å². The Hall–Kier alpha value is -1.43. The number of hydrogen-bond donors (Lipinski definition) is 1. The minimum absolute atomic E-state index is 0.0486. The maximum absolute atomic E-state index is 10.7. The third-order valence-electron chi connectivity index (χ3n) is 1.78. The van der Waals surface area contributed by atoms with Crippen molar-refractivity contribution in [2.45, 2.75) is 6.54 Å². The van der Waals surface area contributed by atoms with Gasteiger partial charge in [0, 0.05) is 4.47 Å². The van der Waals surface area contributed by atoms with E-state index in [-0.39, 0.29) is 6.54 Å². The summed E-state index contributed by atoms with van der Waals surface area (Å²) < 4.78 is 2.39. The van der Waals surface area contributed by atoms with E-state index < -0.39 is 5.91 Å². The lowest BCUT2D eigenvalue weighted by molar-refractivity contribution is -0.118. The molecule has 2 rings (SSSR count). The second-order valence-electron chi connectivity index (χ2n) is 2.85. The summed E-state index contributed by atoms with van der Waals surface area (Å²) in [6.45, 7) is 0.0486. The van der Waals surface area contributed by atoms with Crippen molar-refractivity contribution in [3.63, 3.8) is 0 Å². The molecule has 0 radical (unpaired) electrons. The number of primary amides is 1. The summed E-state index contributed by atoms with van der Waals surface area (Å²) >= 11 is 3.33. The highest BCUT2D eigenvalue weighted by Crippen LogP contribution is 2.17. The SMILES string of the molecule is NC(=O)Cn1nnc2ccc(Br)cc21. The molecule has 2 N–H and O–H groups in total. The van der Waals surface area contributed by atoms with Crippen LogP contribution in [0.4, 0.5) is 0 Å². The van der Waals surface area contributed by atoms with Crippen molar-refractivity contribution in [2.24, 2.45) is 5.73 Å². The molecule has 72 valence electrons. The number of nitrogens with two attached hydrogens (primary N) is 1. The van der Waals surface area contributed by atoms with Crippen LogP contribution in [0, 0.1) is 0 Å². The highest BCUT2D eigenvalue weighted by atomic mass is 79.9. The van der Waals surface area contributed by atoms with E-state index in [1.54, 1.807) is 0 Å². The molecule has 0 spiro atoms. The van der Waals surface area contributed by atoms with E-state index in [1.807, 2.05) is 18.2 Å². The number of aromatic nitrogens is 3. The van der Waals surface area contributed by atoms with E-state index in [9.17, 15) is 4.79 Å². The number of fused-ring (bicyclic) bond motifs is 1. The standard InChI is InChI=1S/C8H7BrN4O/c9-5-1-2-6-7(3-5)13(12-11-6)4-8(10)14/h1-3H,4H2,(H2,10,14). The molecule has 0 aliphatic heterocycles. The maximum Gasteiger partial charge on any atom is 0.239 e. The van der Waals surface area contributed by atoms with Gasteiger partial charge in [-0.15, -0.1) is 5.10 Å². The number of carbonyl (C=O) groups excluding carboxylic acids is 1. The predicted molar refractivity (Wildman–Crippen MR) is 54.4 cm³/mol. The maximum atomic E-state index is 10.7. The van der Waals surface area contributed by atoms with Gasteiger partial charge in [-0.2, -0.15) is 0 Å². The molecule has 5 nitrogen and oxygen atoms in total. The third-order valence-corrected chi connectivity index (χ3v) is 2.27. The molecule has 2 aromatic rings. The summed E-state index contributed by atoms with van der Waals surface area (Å²) in [6.07, 6.45) is 0. The Balaban J connectivity index is 2.55. The molecule has 0 aliphatic rings. The van der Waals surface area contributed by atoms with E-state index in [0.717, 1.165) is 15.5 Å². The number of benzene rings is 1. The predicted octanol–water partition coefficient (Wildman–Crippen LogP) is 0.679. The number of amides is 1. The van der Waals surface area contributed by atoms with E-state index in [1.165, 1.54) is 4.68 Å². The van der Waals surface area contributed by atoms with Gasteiger partial charge in [0.25, 0.3) is 0 Å². The Morgan fingerprint density at radius 3 is 3.07 bits per heavy atom. The summed E-state index contributed by atoms with van der Waals surface area (Å²) in [5, 5.41) is 7.72. The zero-order valence-corrected chi connectivity index (χ0v) is 8.73. The van der Waals surface area contributed by atoms with Gasteiger partial charge in [-0.1, -0.05) is 21.1 Å². The Morgan fingerprint density at radius 1 is 1.57 bits per heavy atom. The second-order valence-corrected chi connectivity index (χ2v) is 3.76. The normalized spacial score (nSPS) is 10.6. The quantitative estimate of drug-likeness (QED) is 0.857. The van der Waals surface area contributed by atoms with Crippen molar-refractivity contribution in [1.29, 1.82) is 0 Å². The van der Waals surface area contributed by atoms with E-state index in [4.69, 9.17) is 5.73 Å². The van der Waals surface area contributed by atoms with Crippen LogP contribution in [0.5, 0.6) is 0 Å². The molecule has 14 heavy (non-hydrogen) atoms. The van der Waals surface area contributed by atoms with Crippen molar-refractivity contribution in [3.8, 4) is 0 Å². The molecule has 1 aromatic heterocycles. The molecule has 1 heterocycles. The highest BCUT2D eigenvalue weighted by molar-refractivity contribution is 9.10. The number of halogens is 1. The lowest BCUT2D eigenvalue weighted by atomic mass is 10.3.